The Labute approximate surface area is 213 Å². The number of methoxy groups -OCH3 is 1. The molecule has 0 aromatic heterocycles. The molecule has 6 N–H and O–H groups in total. The van der Waals surface area contributed by atoms with Crippen molar-refractivity contribution < 1.29 is 44.8 Å². The average Bonchev–Trinajstić information content (AvgIpc) is 3.34. The highest BCUT2D eigenvalue weighted by Crippen LogP contribution is 2.55. The van der Waals surface area contributed by atoms with Gasteiger partial charge in [0.15, 0.2) is 6.29 Å². The summed E-state index contributed by atoms with van der Waals surface area (Å²) in [6, 6.07) is 0. The summed E-state index contributed by atoms with van der Waals surface area (Å²) in [7, 11) is 1.69. The molecular formula is C27H44O9. The summed E-state index contributed by atoms with van der Waals surface area (Å²) in [5.41, 5.74) is 2.15. The Hall–Kier alpha value is -0.880. The van der Waals surface area contributed by atoms with E-state index in [2.05, 4.69) is 6.08 Å². The fourth-order valence-electron chi connectivity index (χ4n) is 6.96. The number of fused-ring (bicyclic) bond motifs is 2. The Morgan fingerprint density at radius 2 is 1.75 bits per heavy atom. The number of hydrogen-bond acceptors (Lipinski definition) is 9. The fourth-order valence-corrected chi connectivity index (χ4v) is 6.96. The van der Waals surface area contributed by atoms with E-state index in [4.69, 9.17) is 14.2 Å². The molecule has 0 aromatic carbocycles. The van der Waals surface area contributed by atoms with E-state index < -0.39 is 61.0 Å². The summed E-state index contributed by atoms with van der Waals surface area (Å²) in [6.45, 7) is 8.06. The maximum atomic E-state index is 11.8. The van der Waals surface area contributed by atoms with Crippen molar-refractivity contribution in [1.29, 1.82) is 0 Å². The van der Waals surface area contributed by atoms with Gasteiger partial charge in [-0.25, -0.2) is 0 Å². The third-order valence-corrected chi connectivity index (χ3v) is 9.19. The average molecular weight is 513 g/mol. The van der Waals surface area contributed by atoms with Crippen LogP contribution in [0.15, 0.2) is 22.8 Å². The van der Waals surface area contributed by atoms with Crippen molar-refractivity contribution in [1.82, 2.24) is 0 Å². The van der Waals surface area contributed by atoms with Crippen LogP contribution < -0.4 is 0 Å². The van der Waals surface area contributed by atoms with Crippen LogP contribution in [0.4, 0.5) is 0 Å². The smallest absolute Gasteiger partial charge is 0.187 e. The Morgan fingerprint density at radius 1 is 1.06 bits per heavy atom. The standard InChI is InChI=1S/C27H44O9/c1-12(2)16-8-19(29)27(4)9-17-14(11-34-5)6-7-15(17)13(3)21(30)25(20(16)27)36-26-24(33)23(32)22(31)18(10-28)35-26/h9,12-15,18-19,21-26,28-33H,6-8,10-11H2,1-5H3/t13-,14-,15+,18-,19+,21-,22-,23?,24?,25-,26?,27+/m1/s1. The van der Waals surface area contributed by atoms with E-state index in [1.54, 1.807) is 7.11 Å². The van der Waals surface area contributed by atoms with Crippen molar-refractivity contribution in [3.05, 3.63) is 22.8 Å². The van der Waals surface area contributed by atoms with Crippen molar-refractivity contribution in [2.75, 3.05) is 20.3 Å². The van der Waals surface area contributed by atoms with Crippen LogP contribution >= 0.6 is 0 Å². The molecule has 0 amide bonds. The number of rotatable bonds is 6. The Balaban J connectivity index is 1.81. The van der Waals surface area contributed by atoms with E-state index in [1.165, 1.54) is 5.57 Å². The lowest BCUT2D eigenvalue weighted by atomic mass is 9.68. The topological polar surface area (TPSA) is 149 Å². The van der Waals surface area contributed by atoms with Crippen LogP contribution in [0.2, 0.25) is 0 Å². The van der Waals surface area contributed by atoms with Gasteiger partial charge in [-0.05, 0) is 49.5 Å². The lowest BCUT2D eigenvalue weighted by Gasteiger charge is -2.46. The van der Waals surface area contributed by atoms with Crippen molar-refractivity contribution in [3.8, 4) is 0 Å². The summed E-state index contributed by atoms with van der Waals surface area (Å²) in [5.74, 6) is 0.170. The lowest BCUT2D eigenvalue weighted by molar-refractivity contribution is -0.315. The van der Waals surface area contributed by atoms with Gasteiger partial charge in [-0.15, -0.1) is 0 Å². The second kappa shape index (κ2) is 10.7. The van der Waals surface area contributed by atoms with E-state index in [0.29, 0.717) is 13.0 Å². The van der Waals surface area contributed by atoms with E-state index in [0.717, 1.165) is 24.0 Å². The second-order valence-electron chi connectivity index (χ2n) is 11.7. The molecule has 9 nitrogen and oxygen atoms in total. The number of aliphatic hydroxyl groups excluding tert-OH is 6. The summed E-state index contributed by atoms with van der Waals surface area (Å²) in [6.07, 6.45) is -5.39. The zero-order valence-corrected chi connectivity index (χ0v) is 21.9. The summed E-state index contributed by atoms with van der Waals surface area (Å²) in [5, 5.41) is 64.1. The molecule has 1 heterocycles. The fraction of sp³-hybridized carbons (Fsp3) is 0.852. The number of aliphatic hydroxyl groups is 6. The maximum Gasteiger partial charge on any atom is 0.187 e. The SMILES string of the molecule is COC[C@H]1CC[C@@H]2C1=C[C@]1(C)C(=C(C(C)C)C[C@@H]1O)[C@@H](OC1O[C@H](CO)[C@@H](O)C(O)C1O)[C@H](O)[C@@H]2C. The van der Waals surface area contributed by atoms with E-state index in [-0.39, 0.29) is 23.7 Å². The molecule has 0 aromatic rings. The first kappa shape index (κ1) is 28.1. The van der Waals surface area contributed by atoms with Gasteiger partial charge in [-0.1, -0.05) is 38.0 Å². The molecule has 4 aliphatic rings. The molecule has 36 heavy (non-hydrogen) atoms. The summed E-state index contributed by atoms with van der Waals surface area (Å²) < 4.78 is 17.5. The third-order valence-electron chi connectivity index (χ3n) is 9.19. The second-order valence-corrected chi connectivity index (χ2v) is 11.7. The van der Waals surface area contributed by atoms with Crippen molar-refractivity contribution >= 4 is 0 Å². The molecule has 0 spiro atoms. The minimum absolute atomic E-state index is 0.0758. The van der Waals surface area contributed by atoms with Gasteiger partial charge in [-0.2, -0.15) is 0 Å². The molecule has 0 bridgehead atoms. The normalized spacial score (nSPS) is 47.4. The molecule has 1 saturated carbocycles. The predicted octanol–water partition coefficient (Wildman–Crippen LogP) is 0.505. The first-order valence-corrected chi connectivity index (χ1v) is 13.2. The summed E-state index contributed by atoms with van der Waals surface area (Å²) >= 11 is 0. The van der Waals surface area contributed by atoms with E-state index >= 15 is 0 Å². The van der Waals surface area contributed by atoms with Gasteiger partial charge in [0.25, 0.3) is 0 Å². The van der Waals surface area contributed by atoms with Crippen molar-refractivity contribution in [2.45, 2.75) is 96.0 Å². The molecule has 0 radical (unpaired) electrons. The molecular weight excluding hydrogens is 468 g/mol. The van der Waals surface area contributed by atoms with E-state index in [1.807, 2.05) is 27.7 Å². The Kier molecular flexibility index (Phi) is 8.37. The van der Waals surface area contributed by atoms with Crippen LogP contribution in [0.25, 0.3) is 0 Å². The molecule has 3 aliphatic carbocycles. The quantitative estimate of drug-likeness (QED) is 0.280. The molecule has 3 unspecified atom stereocenters. The van der Waals surface area contributed by atoms with E-state index in [9.17, 15) is 30.6 Å². The van der Waals surface area contributed by atoms with Crippen LogP contribution in [0.5, 0.6) is 0 Å². The lowest BCUT2D eigenvalue weighted by Crippen LogP contribution is -2.60. The van der Waals surface area contributed by atoms with Gasteiger partial charge in [0.1, 0.15) is 30.5 Å². The van der Waals surface area contributed by atoms with Crippen LogP contribution in [-0.2, 0) is 14.2 Å². The molecule has 1 aliphatic heterocycles. The molecule has 4 rings (SSSR count). The van der Waals surface area contributed by atoms with Gasteiger partial charge in [0.2, 0.25) is 0 Å². The van der Waals surface area contributed by atoms with Gasteiger partial charge >= 0.3 is 0 Å². The maximum absolute atomic E-state index is 11.8. The van der Waals surface area contributed by atoms with Crippen LogP contribution in [0.3, 0.4) is 0 Å². The first-order valence-electron chi connectivity index (χ1n) is 13.2. The largest absolute Gasteiger partial charge is 0.394 e. The molecule has 9 heteroatoms. The van der Waals surface area contributed by atoms with Gasteiger partial charge in [0.05, 0.1) is 25.4 Å². The first-order chi connectivity index (χ1) is 17.0. The van der Waals surface area contributed by atoms with Crippen LogP contribution in [0, 0.1) is 29.1 Å². The molecule has 12 atom stereocenters. The minimum atomic E-state index is -1.58. The Bertz CT molecular complexity index is 854. The Morgan fingerprint density at radius 3 is 2.36 bits per heavy atom. The number of hydrogen-bond donors (Lipinski definition) is 6. The van der Waals surface area contributed by atoms with Crippen molar-refractivity contribution in [3.63, 3.8) is 0 Å². The zero-order valence-electron chi connectivity index (χ0n) is 21.9. The minimum Gasteiger partial charge on any atom is -0.394 e. The summed E-state index contributed by atoms with van der Waals surface area (Å²) in [4.78, 5) is 0. The molecule has 1 saturated heterocycles. The van der Waals surface area contributed by atoms with Crippen molar-refractivity contribution in [2.24, 2.45) is 29.1 Å². The highest BCUT2D eigenvalue weighted by Gasteiger charge is 2.55. The monoisotopic (exact) mass is 512 g/mol. The van der Waals surface area contributed by atoms with Gasteiger partial charge in [-0.3, -0.25) is 0 Å². The highest BCUT2D eigenvalue weighted by molar-refractivity contribution is 5.43. The van der Waals surface area contributed by atoms with Gasteiger partial charge < -0.3 is 44.8 Å². The zero-order chi connectivity index (χ0) is 26.5. The predicted molar refractivity (Wildman–Crippen MR) is 131 cm³/mol. The third kappa shape index (κ3) is 4.61. The van der Waals surface area contributed by atoms with Gasteiger partial charge in [0, 0.05) is 18.4 Å². The molecule has 2 fully saturated rings. The van der Waals surface area contributed by atoms with Crippen LogP contribution in [-0.4, -0.2) is 100.0 Å². The number of ether oxygens (including phenoxy) is 3. The highest BCUT2D eigenvalue weighted by atomic mass is 16.7. The van der Waals surface area contributed by atoms with Crippen LogP contribution in [0.1, 0.15) is 47.0 Å². The molecule has 206 valence electrons.